The van der Waals surface area contributed by atoms with E-state index in [9.17, 15) is 8.42 Å². The number of pyridine rings is 1. The Balaban J connectivity index is 1.37. The molecule has 1 unspecified atom stereocenters. The van der Waals surface area contributed by atoms with Crippen LogP contribution in [0.2, 0.25) is 0 Å². The van der Waals surface area contributed by atoms with Gasteiger partial charge in [-0.15, -0.1) is 0 Å². The van der Waals surface area contributed by atoms with E-state index in [0.29, 0.717) is 5.82 Å². The van der Waals surface area contributed by atoms with Gasteiger partial charge in [0.1, 0.15) is 5.82 Å². The number of benzene rings is 1. The molecule has 0 radical (unpaired) electrons. The van der Waals surface area contributed by atoms with Crippen molar-refractivity contribution in [2.45, 2.75) is 12.5 Å². The lowest BCUT2D eigenvalue weighted by Crippen LogP contribution is -2.48. The molecule has 1 N–H and O–H groups in total. The van der Waals surface area contributed by atoms with Gasteiger partial charge in [0.15, 0.2) is 0 Å². The van der Waals surface area contributed by atoms with Crippen molar-refractivity contribution in [3.8, 4) is 0 Å². The highest BCUT2D eigenvalue weighted by molar-refractivity contribution is 7.92. The van der Waals surface area contributed by atoms with Crippen LogP contribution in [0, 0.1) is 0 Å². The van der Waals surface area contributed by atoms with Gasteiger partial charge in [-0.2, -0.15) is 5.10 Å². The Kier molecular flexibility index (Phi) is 6.88. The van der Waals surface area contributed by atoms with Crippen LogP contribution >= 0.6 is 0 Å². The minimum absolute atomic E-state index is 0.186. The van der Waals surface area contributed by atoms with Crippen molar-refractivity contribution in [3.05, 3.63) is 77.7 Å². The Bertz CT molecular complexity index is 1120. The summed E-state index contributed by atoms with van der Waals surface area (Å²) in [6.07, 6.45) is 3.78. The van der Waals surface area contributed by atoms with E-state index in [-0.39, 0.29) is 6.04 Å². The standard InChI is InChI=1S/C23H30N6O2S/c1-27-21(11-13-24-27)23(19-7-4-3-5-8-19)29-17-15-28(16-18-29)14-12-20-9-6-10-22(25-20)26-32(2,30)31/h3-11,13,23H,12,14-18H2,1-2H3,(H,25,26). The van der Waals surface area contributed by atoms with Crippen LogP contribution in [0.25, 0.3) is 0 Å². The van der Waals surface area contributed by atoms with E-state index in [1.165, 1.54) is 11.3 Å². The second kappa shape index (κ2) is 9.81. The number of sulfonamides is 1. The molecule has 170 valence electrons. The summed E-state index contributed by atoms with van der Waals surface area (Å²) in [5, 5.41) is 4.39. The third kappa shape index (κ3) is 5.73. The number of piperazine rings is 1. The lowest BCUT2D eigenvalue weighted by molar-refractivity contribution is 0.107. The summed E-state index contributed by atoms with van der Waals surface area (Å²) in [5.74, 6) is 0.372. The van der Waals surface area contributed by atoms with Gasteiger partial charge in [0.25, 0.3) is 0 Å². The van der Waals surface area contributed by atoms with Gasteiger partial charge < -0.3 is 4.90 Å². The second-order valence-corrected chi connectivity index (χ2v) is 9.96. The van der Waals surface area contributed by atoms with Gasteiger partial charge in [0.05, 0.1) is 18.0 Å². The minimum Gasteiger partial charge on any atom is -0.300 e. The van der Waals surface area contributed by atoms with Crippen molar-refractivity contribution in [2.24, 2.45) is 7.05 Å². The smallest absolute Gasteiger partial charge is 0.230 e. The molecule has 1 aromatic carbocycles. The number of rotatable bonds is 8. The minimum atomic E-state index is -3.32. The van der Waals surface area contributed by atoms with E-state index in [0.717, 1.165) is 51.1 Å². The molecule has 0 spiro atoms. The number of hydrogen-bond donors (Lipinski definition) is 1. The molecule has 0 saturated carbocycles. The van der Waals surface area contributed by atoms with Crippen molar-refractivity contribution in [1.29, 1.82) is 0 Å². The highest BCUT2D eigenvalue weighted by atomic mass is 32.2. The molecule has 8 nitrogen and oxygen atoms in total. The molecule has 1 aliphatic rings. The fourth-order valence-corrected chi connectivity index (χ4v) is 4.73. The monoisotopic (exact) mass is 454 g/mol. The van der Waals surface area contributed by atoms with Gasteiger partial charge in [-0.3, -0.25) is 14.3 Å². The summed E-state index contributed by atoms with van der Waals surface area (Å²) in [6.45, 7) is 4.78. The number of aryl methyl sites for hydroxylation is 1. The molecule has 0 bridgehead atoms. The molecule has 3 heterocycles. The zero-order valence-corrected chi connectivity index (χ0v) is 19.4. The molecule has 3 aromatic rings. The van der Waals surface area contributed by atoms with Crippen LogP contribution in [-0.4, -0.2) is 72.0 Å². The van der Waals surface area contributed by atoms with E-state index in [2.05, 4.69) is 61.0 Å². The van der Waals surface area contributed by atoms with Crippen molar-refractivity contribution in [2.75, 3.05) is 43.7 Å². The van der Waals surface area contributed by atoms with Gasteiger partial charge in [0, 0.05) is 58.1 Å². The van der Waals surface area contributed by atoms with E-state index < -0.39 is 10.0 Å². The Morgan fingerprint density at radius 3 is 2.41 bits per heavy atom. The van der Waals surface area contributed by atoms with Gasteiger partial charge in [0.2, 0.25) is 10.0 Å². The number of nitrogens with one attached hydrogen (secondary N) is 1. The summed E-state index contributed by atoms with van der Waals surface area (Å²) in [5.41, 5.74) is 3.37. The van der Waals surface area contributed by atoms with Crippen LogP contribution in [0.1, 0.15) is 23.0 Å². The average molecular weight is 455 g/mol. The van der Waals surface area contributed by atoms with Crippen molar-refractivity contribution >= 4 is 15.8 Å². The topological polar surface area (TPSA) is 83.4 Å². The Labute approximate surface area is 189 Å². The van der Waals surface area contributed by atoms with Crippen LogP contribution in [0.15, 0.2) is 60.8 Å². The summed E-state index contributed by atoms with van der Waals surface area (Å²) in [7, 11) is -1.32. The van der Waals surface area contributed by atoms with Gasteiger partial charge in [-0.05, 0) is 23.8 Å². The second-order valence-electron chi connectivity index (χ2n) is 8.21. The van der Waals surface area contributed by atoms with Crippen molar-refractivity contribution < 1.29 is 8.42 Å². The third-order valence-electron chi connectivity index (χ3n) is 5.81. The van der Waals surface area contributed by atoms with E-state index in [4.69, 9.17) is 0 Å². The molecule has 0 amide bonds. The van der Waals surface area contributed by atoms with Crippen LogP contribution in [0.5, 0.6) is 0 Å². The zero-order chi connectivity index (χ0) is 22.6. The quantitative estimate of drug-likeness (QED) is 0.562. The number of aromatic nitrogens is 3. The first kappa shape index (κ1) is 22.4. The molecule has 1 aliphatic heterocycles. The predicted molar refractivity (Wildman–Crippen MR) is 126 cm³/mol. The Morgan fingerprint density at radius 1 is 1.00 bits per heavy atom. The van der Waals surface area contributed by atoms with Gasteiger partial charge in [-0.25, -0.2) is 13.4 Å². The Morgan fingerprint density at radius 2 is 1.75 bits per heavy atom. The molecule has 9 heteroatoms. The number of hydrogen-bond acceptors (Lipinski definition) is 6. The molecule has 1 saturated heterocycles. The maximum Gasteiger partial charge on any atom is 0.230 e. The first-order valence-corrected chi connectivity index (χ1v) is 12.7. The molecule has 2 aromatic heterocycles. The normalized spacial score (nSPS) is 16.7. The first-order chi connectivity index (χ1) is 15.4. The lowest BCUT2D eigenvalue weighted by atomic mass is 10.0. The average Bonchev–Trinajstić information content (AvgIpc) is 3.19. The fourth-order valence-electron chi connectivity index (χ4n) is 4.24. The molecule has 4 rings (SSSR count). The summed E-state index contributed by atoms with van der Waals surface area (Å²) < 4.78 is 27.3. The molecule has 0 aliphatic carbocycles. The van der Waals surface area contributed by atoms with E-state index in [1.54, 1.807) is 6.07 Å². The lowest BCUT2D eigenvalue weighted by Gasteiger charge is -2.39. The third-order valence-corrected chi connectivity index (χ3v) is 6.39. The Hall–Kier alpha value is -2.75. The van der Waals surface area contributed by atoms with Gasteiger partial charge in [-0.1, -0.05) is 36.4 Å². The van der Waals surface area contributed by atoms with E-state index >= 15 is 0 Å². The maximum absolute atomic E-state index is 11.4. The van der Waals surface area contributed by atoms with Crippen LogP contribution < -0.4 is 4.72 Å². The van der Waals surface area contributed by atoms with E-state index in [1.807, 2.05) is 30.1 Å². The predicted octanol–water partition coefficient (Wildman–Crippen LogP) is 2.14. The zero-order valence-electron chi connectivity index (χ0n) is 18.6. The SMILES string of the molecule is Cn1nccc1C(c1ccccc1)N1CCN(CCc2cccc(NS(C)(=O)=O)n2)CC1. The molecule has 1 fully saturated rings. The molecular weight excluding hydrogens is 424 g/mol. The van der Waals surface area contributed by atoms with Crippen LogP contribution in [0.4, 0.5) is 5.82 Å². The highest BCUT2D eigenvalue weighted by Crippen LogP contribution is 2.29. The number of nitrogens with zero attached hydrogens (tertiary/aromatic N) is 5. The first-order valence-electron chi connectivity index (χ1n) is 10.8. The summed E-state index contributed by atoms with van der Waals surface area (Å²) in [6, 6.07) is 18.4. The molecule has 32 heavy (non-hydrogen) atoms. The van der Waals surface area contributed by atoms with Crippen molar-refractivity contribution in [1.82, 2.24) is 24.6 Å². The number of anilines is 1. The largest absolute Gasteiger partial charge is 0.300 e. The van der Waals surface area contributed by atoms with Crippen LogP contribution in [0.3, 0.4) is 0 Å². The maximum atomic E-state index is 11.4. The van der Waals surface area contributed by atoms with Crippen LogP contribution in [-0.2, 0) is 23.5 Å². The highest BCUT2D eigenvalue weighted by Gasteiger charge is 2.28. The summed E-state index contributed by atoms with van der Waals surface area (Å²) >= 11 is 0. The van der Waals surface area contributed by atoms with Crippen molar-refractivity contribution in [3.63, 3.8) is 0 Å². The molecule has 1 atom stereocenters. The summed E-state index contributed by atoms with van der Waals surface area (Å²) in [4.78, 5) is 9.40. The fraction of sp³-hybridized carbons (Fsp3) is 0.391. The van der Waals surface area contributed by atoms with Gasteiger partial charge >= 0.3 is 0 Å². The molecular formula is C23H30N6O2S.